The third-order valence-electron chi connectivity index (χ3n) is 4.21. The lowest BCUT2D eigenvalue weighted by atomic mass is 9.85. The van der Waals surface area contributed by atoms with Crippen LogP contribution in [0.1, 0.15) is 37.1 Å². The maximum absolute atomic E-state index is 12.3. The number of carbonyl (C=O) groups excluding carboxylic acids is 2. The highest BCUT2D eigenvalue weighted by molar-refractivity contribution is 7.09. The first kappa shape index (κ1) is 13.5. The van der Waals surface area contributed by atoms with Crippen LogP contribution in [-0.2, 0) is 20.7 Å². The van der Waals surface area contributed by atoms with Gasteiger partial charge in [-0.05, 0) is 25.7 Å². The molecule has 1 N–H and O–H groups in total. The Morgan fingerprint density at radius 3 is 3.00 bits per heavy atom. The van der Waals surface area contributed by atoms with Crippen molar-refractivity contribution < 1.29 is 14.3 Å². The van der Waals surface area contributed by atoms with Crippen molar-refractivity contribution in [3.63, 3.8) is 0 Å². The van der Waals surface area contributed by atoms with Gasteiger partial charge in [-0.3, -0.25) is 9.59 Å². The summed E-state index contributed by atoms with van der Waals surface area (Å²) in [5, 5.41) is 5.87. The van der Waals surface area contributed by atoms with E-state index < -0.39 is 5.60 Å². The number of amides is 1. The van der Waals surface area contributed by atoms with Crippen LogP contribution in [0.4, 0.5) is 0 Å². The number of nitrogens with zero attached hydrogens (tertiary/aromatic N) is 1. The molecule has 1 amide bonds. The van der Waals surface area contributed by atoms with Gasteiger partial charge in [0.1, 0.15) is 5.60 Å². The SMILES string of the molecule is O=C1CC(C(=O)NCCc2nccs2)C2(CCCC2)O1. The van der Waals surface area contributed by atoms with E-state index in [0.717, 1.165) is 37.1 Å². The number of carbonyl (C=O) groups is 2. The molecule has 1 atom stereocenters. The number of ether oxygens (including phenoxy) is 1. The molecule has 0 aromatic carbocycles. The highest BCUT2D eigenvalue weighted by atomic mass is 32.1. The smallest absolute Gasteiger partial charge is 0.307 e. The van der Waals surface area contributed by atoms with Crippen LogP contribution in [0.2, 0.25) is 0 Å². The summed E-state index contributed by atoms with van der Waals surface area (Å²) in [6.45, 7) is 0.563. The quantitative estimate of drug-likeness (QED) is 0.858. The van der Waals surface area contributed by atoms with Gasteiger partial charge in [-0.2, -0.15) is 0 Å². The number of hydrogen-bond donors (Lipinski definition) is 1. The molecule has 1 unspecified atom stereocenters. The van der Waals surface area contributed by atoms with Crippen LogP contribution >= 0.6 is 11.3 Å². The minimum absolute atomic E-state index is 0.0469. The summed E-state index contributed by atoms with van der Waals surface area (Å²) >= 11 is 1.58. The van der Waals surface area contributed by atoms with Gasteiger partial charge in [0.2, 0.25) is 5.91 Å². The fraction of sp³-hybridized carbons (Fsp3) is 0.643. The maximum Gasteiger partial charge on any atom is 0.307 e. The van der Waals surface area contributed by atoms with Crippen molar-refractivity contribution in [3.05, 3.63) is 16.6 Å². The summed E-state index contributed by atoms with van der Waals surface area (Å²) < 4.78 is 5.49. The van der Waals surface area contributed by atoms with Crippen molar-refractivity contribution >= 4 is 23.2 Å². The molecule has 1 saturated heterocycles. The molecule has 1 aromatic heterocycles. The molecule has 20 heavy (non-hydrogen) atoms. The number of nitrogens with one attached hydrogen (secondary N) is 1. The number of aromatic nitrogens is 1. The highest BCUT2D eigenvalue weighted by Crippen LogP contribution is 2.45. The number of esters is 1. The van der Waals surface area contributed by atoms with Crippen molar-refractivity contribution in [1.82, 2.24) is 10.3 Å². The summed E-state index contributed by atoms with van der Waals surface area (Å²) in [5.41, 5.74) is -0.512. The Bertz CT molecular complexity index is 495. The summed E-state index contributed by atoms with van der Waals surface area (Å²) in [5.74, 6) is -0.588. The van der Waals surface area contributed by atoms with Gasteiger partial charge in [0.05, 0.1) is 17.3 Å². The van der Waals surface area contributed by atoms with E-state index in [9.17, 15) is 9.59 Å². The van der Waals surface area contributed by atoms with Gasteiger partial charge >= 0.3 is 5.97 Å². The molecule has 2 aliphatic rings. The van der Waals surface area contributed by atoms with Gasteiger partial charge in [0.25, 0.3) is 0 Å². The summed E-state index contributed by atoms with van der Waals surface area (Å²) in [4.78, 5) is 28.1. The van der Waals surface area contributed by atoms with Crippen LogP contribution < -0.4 is 5.32 Å². The molecule has 1 aliphatic carbocycles. The first-order valence-corrected chi connectivity index (χ1v) is 7.95. The predicted octanol–water partition coefficient (Wildman–Crippen LogP) is 1.68. The average molecular weight is 294 g/mol. The molecule has 1 saturated carbocycles. The Morgan fingerprint density at radius 1 is 1.50 bits per heavy atom. The van der Waals surface area contributed by atoms with E-state index in [4.69, 9.17) is 4.74 Å². The number of hydrogen-bond acceptors (Lipinski definition) is 5. The third-order valence-corrected chi connectivity index (χ3v) is 5.05. The van der Waals surface area contributed by atoms with E-state index in [1.807, 2.05) is 5.38 Å². The second-order valence-corrected chi connectivity index (χ2v) is 6.45. The standard InChI is InChI=1S/C14H18N2O3S/c17-12-9-10(14(19-12)4-1-2-5-14)13(18)16-6-3-11-15-7-8-20-11/h7-8,10H,1-6,9H2,(H,16,18). The van der Waals surface area contributed by atoms with Gasteiger partial charge in [-0.1, -0.05) is 0 Å². The molecule has 0 radical (unpaired) electrons. The fourth-order valence-electron chi connectivity index (χ4n) is 3.24. The van der Waals surface area contributed by atoms with Crippen molar-refractivity contribution in [2.75, 3.05) is 6.54 Å². The summed E-state index contributed by atoms with van der Waals surface area (Å²) in [7, 11) is 0. The largest absolute Gasteiger partial charge is 0.458 e. The molecule has 5 nitrogen and oxygen atoms in total. The Kier molecular flexibility index (Phi) is 3.74. The Hall–Kier alpha value is -1.43. The second-order valence-electron chi connectivity index (χ2n) is 5.47. The number of thiazole rings is 1. The second kappa shape index (κ2) is 5.52. The third kappa shape index (κ3) is 2.57. The molecule has 3 rings (SSSR count). The summed E-state index contributed by atoms with van der Waals surface area (Å²) in [6.07, 6.45) is 6.44. The zero-order valence-corrected chi connectivity index (χ0v) is 12.1. The monoisotopic (exact) mass is 294 g/mol. The van der Waals surface area contributed by atoms with E-state index >= 15 is 0 Å². The number of rotatable bonds is 4. The highest BCUT2D eigenvalue weighted by Gasteiger charge is 2.53. The zero-order chi connectivity index (χ0) is 14.0. The first-order valence-electron chi connectivity index (χ1n) is 7.07. The minimum Gasteiger partial charge on any atom is -0.458 e. The normalized spacial score (nSPS) is 24.0. The lowest BCUT2D eigenvalue weighted by Gasteiger charge is -2.27. The predicted molar refractivity (Wildman–Crippen MR) is 74.2 cm³/mol. The molecular weight excluding hydrogens is 276 g/mol. The van der Waals surface area contributed by atoms with Gasteiger partial charge in [-0.25, -0.2) is 4.98 Å². The van der Waals surface area contributed by atoms with Crippen LogP contribution in [0.15, 0.2) is 11.6 Å². The molecule has 6 heteroatoms. The average Bonchev–Trinajstić information content (AvgIpc) is 3.12. The van der Waals surface area contributed by atoms with Crippen molar-refractivity contribution in [2.45, 2.75) is 44.1 Å². The van der Waals surface area contributed by atoms with E-state index in [0.29, 0.717) is 6.54 Å². The molecule has 1 aliphatic heterocycles. The van der Waals surface area contributed by atoms with Crippen LogP contribution in [-0.4, -0.2) is 29.0 Å². The van der Waals surface area contributed by atoms with Crippen LogP contribution in [0.5, 0.6) is 0 Å². The summed E-state index contributed by atoms with van der Waals surface area (Å²) in [6, 6.07) is 0. The molecule has 1 spiro atoms. The van der Waals surface area contributed by atoms with Crippen LogP contribution in [0, 0.1) is 5.92 Å². The van der Waals surface area contributed by atoms with E-state index in [1.54, 1.807) is 17.5 Å². The molecular formula is C14H18N2O3S. The van der Waals surface area contributed by atoms with Crippen molar-refractivity contribution in [3.8, 4) is 0 Å². The Morgan fingerprint density at radius 2 is 2.30 bits per heavy atom. The fourth-order valence-corrected chi connectivity index (χ4v) is 3.86. The van der Waals surface area contributed by atoms with Crippen molar-refractivity contribution in [1.29, 1.82) is 0 Å². The van der Waals surface area contributed by atoms with E-state index in [2.05, 4.69) is 10.3 Å². The molecule has 2 heterocycles. The van der Waals surface area contributed by atoms with E-state index in [1.165, 1.54) is 0 Å². The Balaban J connectivity index is 1.57. The van der Waals surface area contributed by atoms with Crippen LogP contribution in [0.3, 0.4) is 0 Å². The van der Waals surface area contributed by atoms with E-state index in [-0.39, 0.29) is 24.2 Å². The lowest BCUT2D eigenvalue weighted by molar-refractivity contribution is -0.149. The molecule has 108 valence electrons. The van der Waals surface area contributed by atoms with Gasteiger partial charge < -0.3 is 10.1 Å². The van der Waals surface area contributed by atoms with Crippen molar-refractivity contribution in [2.24, 2.45) is 5.92 Å². The lowest BCUT2D eigenvalue weighted by Crippen LogP contribution is -2.43. The molecule has 2 fully saturated rings. The Labute approximate surface area is 121 Å². The maximum atomic E-state index is 12.3. The molecule has 1 aromatic rings. The first-order chi connectivity index (χ1) is 9.70. The topological polar surface area (TPSA) is 68.3 Å². The van der Waals surface area contributed by atoms with Crippen LogP contribution in [0.25, 0.3) is 0 Å². The van der Waals surface area contributed by atoms with Gasteiger partial charge in [0.15, 0.2) is 0 Å². The zero-order valence-electron chi connectivity index (χ0n) is 11.3. The minimum atomic E-state index is -0.512. The molecule has 0 bridgehead atoms. The van der Waals surface area contributed by atoms with Gasteiger partial charge in [-0.15, -0.1) is 11.3 Å². The van der Waals surface area contributed by atoms with Gasteiger partial charge in [0, 0.05) is 24.5 Å².